The lowest BCUT2D eigenvalue weighted by atomic mass is 10.3. The summed E-state index contributed by atoms with van der Waals surface area (Å²) in [6.07, 6.45) is 2.34. The number of hydrogen-bond donors (Lipinski definition) is 2. The molecule has 0 radical (unpaired) electrons. The number of carbonyl (C=O) groups is 1. The highest BCUT2D eigenvalue weighted by Gasteiger charge is 2.20. The highest BCUT2D eigenvalue weighted by molar-refractivity contribution is 7.91. The summed E-state index contributed by atoms with van der Waals surface area (Å²) < 4.78 is 22.6. The van der Waals surface area contributed by atoms with Gasteiger partial charge in [0.05, 0.1) is 11.5 Å². The highest BCUT2D eigenvalue weighted by Crippen LogP contribution is 2.01. The number of hydrogen-bond acceptors (Lipinski definition) is 4. The zero-order valence-electron chi connectivity index (χ0n) is 8.27. The van der Waals surface area contributed by atoms with E-state index in [4.69, 9.17) is 10.8 Å². The van der Waals surface area contributed by atoms with E-state index in [-0.39, 0.29) is 5.75 Å². The average molecular weight is 223 g/mol. The summed E-state index contributed by atoms with van der Waals surface area (Å²) in [7, 11) is -3.30. The van der Waals surface area contributed by atoms with Gasteiger partial charge in [-0.1, -0.05) is 19.8 Å². The van der Waals surface area contributed by atoms with Crippen molar-refractivity contribution < 1.29 is 18.3 Å². The van der Waals surface area contributed by atoms with Crippen molar-refractivity contribution in [3.05, 3.63) is 0 Å². The first-order valence-corrected chi connectivity index (χ1v) is 6.40. The van der Waals surface area contributed by atoms with Crippen LogP contribution >= 0.6 is 0 Å². The van der Waals surface area contributed by atoms with Crippen LogP contribution in [0.5, 0.6) is 0 Å². The van der Waals surface area contributed by atoms with Crippen LogP contribution in [0.1, 0.15) is 26.2 Å². The van der Waals surface area contributed by atoms with Gasteiger partial charge in [-0.2, -0.15) is 0 Å². The quantitative estimate of drug-likeness (QED) is 0.592. The summed E-state index contributed by atoms with van der Waals surface area (Å²) in [6.45, 7) is 1.97. The second-order valence-corrected chi connectivity index (χ2v) is 5.49. The molecule has 0 bridgehead atoms. The fourth-order valence-corrected chi connectivity index (χ4v) is 2.50. The molecule has 0 spiro atoms. The number of rotatable bonds is 7. The topological polar surface area (TPSA) is 97.5 Å². The molecule has 0 unspecified atom stereocenters. The maximum atomic E-state index is 11.3. The molecule has 0 heterocycles. The number of unbranched alkanes of at least 4 members (excludes halogenated alkanes) is 2. The van der Waals surface area contributed by atoms with E-state index in [1.807, 2.05) is 6.92 Å². The molecule has 3 N–H and O–H groups in total. The molecule has 0 aliphatic carbocycles. The van der Waals surface area contributed by atoms with Crippen LogP contribution in [0.2, 0.25) is 0 Å². The van der Waals surface area contributed by atoms with E-state index in [1.54, 1.807) is 0 Å². The largest absolute Gasteiger partial charge is 0.480 e. The van der Waals surface area contributed by atoms with Crippen LogP contribution in [0.15, 0.2) is 0 Å². The second-order valence-electron chi connectivity index (χ2n) is 3.27. The average Bonchev–Trinajstić information content (AvgIpc) is 2.03. The van der Waals surface area contributed by atoms with Crippen LogP contribution in [0.3, 0.4) is 0 Å². The van der Waals surface area contributed by atoms with Gasteiger partial charge < -0.3 is 10.8 Å². The van der Waals surface area contributed by atoms with Crippen molar-refractivity contribution in [2.24, 2.45) is 5.73 Å². The number of aliphatic carboxylic acids is 1. The van der Waals surface area contributed by atoms with Crippen molar-refractivity contribution in [1.82, 2.24) is 0 Å². The molecule has 0 rings (SSSR count). The maximum absolute atomic E-state index is 11.3. The van der Waals surface area contributed by atoms with Crippen LogP contribution in [0.4, 0.5) is 0 Å². The molecule has 0 fully saturated rings. The molecule has 0 saturated heterocycles. The van der Waals surface area contributed by atoms with Crippen LogP contribution < -0.4 is 5.73 Å². The van der Waals surface area contributed by atoms with Crippen LogP contribution in [0.25, 0.3) is 0 Å². The van der Waals surface area contributed by atoms with Gasteiger partial charge in [-0.05, 0) is 6.42 Å². The van der Waals surface area contributed by atoms with Gasteiger partial charge in [-0.3, -0.25) is 4.79 Å². The van der Waals surface area contributed by atoms with Gasteiger partial charge in [0.2, 0.25) is 0 Å². The number of nitrogens with two attached hydrogens (primary N) is 1. The molecule has 0 aliphatic heterocycles. The maximum Gasteiger partial charge on any atom is 0.321 e. The molecule has 0 aliphatic rings. The lowest BCUT2D eigenvalue weighted by Crippen LogP contribution is -2.37. The third kappa shape index (κ3) is 5.93. The standard InChI is InChI=1S/C8H17NO4S/c1-2-3-4-5-14(12,13)6-7(9)8(10)11/h7H,2-6,9H2,1H3,(H,10,11)/t7-/m0/s1. The number of carboxylic acid groups (broad SMARTS) is 1. The Hall–Kier alpha value is -0.620. The molecular weight excluding hydrogens is 206 g/mol. The first-order valence-electron chi connectivity index (χ1n) is 4.58. The van der Waals surface area contributed by atoms with E-state index in [9.17, 15) is 13.2 Å². The van der Waals surface area contributed by atoms with E-state index in [0.717, 1.165) is 12.8 Å². The summed E-state index contributed by atoms with van der Waals surface area (Å²) in [5.74, 6) is -1.71. The summed E-state index contributed by atoms with van der Waals surface area (Å²) in [4.78, 5) is 10.3. The summed E-state index contributed by atoms with van der Waals surface area (Å²) in [6, 6.07) is -1.30. The molecule has 5 nitrogen and oxygen atoms in total. The molecule has 0 aromatic rings. The van der Waals surface area contributed by atoms with Gasteiger partial charge in [0.15, 0.2) is 9.84 Å². The predicted molar refractivity (Wildman–Crippen MR) is 53.8 cm³/mol. The summed E-state index contributed by atoms with van der Waals surface area (Å²) in [5.41, 5.74) is 5.13. The minimum absolute atomic E-state index is 0.0296. The van der Waals surface area contributed by atoms with E-state index < -0.39 is 27.6 Å². The third-order valence-electron chi connectivity index (χ3n) is 1.81. The fraction of sp³-hybridized carbons (Fsp3) is 0.875. The lowest BCUT2D eigenvalue weighted by molar-refractivity contribution is -0.137. The molecule has 6 heteroatoms. The van der Waals surface area contributed by atoms with Gasteiger partial charge in [0, 0.05) is 0 Å². The lowest BCUT2D eigenvalue weighted by Gasteiger charge is -2.07. The molecule has 0 aromatic heterocycles. The Balaban J connectivity index is 4.01. The van der Waals surface area contributed by atoms with Crippen molar-refractivity contribution >= 4 is 15.8 Å². The second kappa shape index (κ2) is 5.98. The van der Waals surface area contributed by atoms with Crippen LogP contribution in [-0.2, 0) is 14.6 Å². The molecular formula is C8H17NO4S. The van der Waals surface area contributed by atoms with E-state index >= 15 is 0 Å². The van der Waals surface area contributed by atoms with Crippen LogP contribution in [-0.4, -0.2) is 37.0 Å². The van der Waals surface area contributed by atoms with Crippen molar-refractivity contribution in [3.8, 4) is 0 Å². The third-order valence-corrected chi connectivity index (χ3v) is 3.59. The molecule has 14 heavy (non-hydrogen) atoms. The zero-order chi connectivity index (χ0) is 11.2. The Labute approximate surface area is 84.2 Å². The summed E-state index contributed by atoms with van der Waals surface area (Å²) in [5, 5.41) is 8.43. The molecule has 0 saturated carbocycles. The minimum atomic E-state index is -3.30. The Morgan fingerprint density at radius 3 is 2.43 bits per heavy atom. The van der Waals surface area contributed by atoms with Gasteiger partial charge >= 0.3 is 5.97 Å². The Morgan fingerprint density at radius 2 is 2.00 bits per heavy atom. The smallest absolute Gasteiger partial charge is 0.321 e. The monoisotopic (exact) mass is 223 g/mol. The molecule has 0 amide bonds. The zero-order valence-corrected chi connectivity index (χ0v) is 9.09. The highest BCUT2D eigenvalue weighted by atomic mass is 32.2. The normalized spacial score (nSPS) is 13.9. The predicted octanol–water partition coefficient (Wildman–Crippen LogP) is 0.00330. The van der Waals surface area contributed by atoms with Crippen molar-refractivity contribution in [2.75, 3.05) is 11.5 Å². The Kier molecular flexibility index (Phi) is 5.71. The minimum Gasteiger partial charge on any atom is -0.480 e. The number of sulfone groups is 1. The Bertz CT molecular complexity index is 273. The number of carboxylic acids is 1. The first-order chi connectivity index (χ1) is 6.39. The van der Waals surface area contributed by atoms with Crippen molar-refractivity contribution in [2.45, 2.75) is 32.2 Å². The van der Waals surface area contributed by atoms with Gasteiger partial charge in [0.1, 0.15) is 6.04 Å². The molecule has 0 aromatic carbocycles. The Morgan fingerprint density at radius 1 is 1.43 bits per heavy atom. The van der Waals surface area contributed by atoms with Gasteiger partial charge in [-0.15, -0.1) is 0 Å². The van der Waals surface area contributed by atoms with Gasteiger partial charge in [0.25, 0.3) is 0 Å². The SMILES string of the molecule is CCCCCS(=O)(=O)C[C@H](N)C(=O)O. The summed E-state index contributed by atoms with van der Waals surface area (Å²) >= 11 is 0. The molecule has 84 valence electrons. The molecule has 1 atom stereocenters. The van der Waals surface area contributed by atoms with E-state index in [0.29, 0.717) is 6.42 Å². The van der Waals surface area contributed by atoms with Crippen molar-refractivity contribution in [3.63, 3.8) is 0 Å². The van der Waals surface area contributed by atoms with Gasteiger partial charge in [-0.25, -0.2) is 8.42 Å². The fourth-order valence-electron chi connectivity index (χ4n) is 1.00. The van der Waals surface area contributed by atoms with E-state index in [2.05, 4.69) is 0 Å². The van der Waals surface area contributed by atoms with Crippen LogP contribution in [0, 0.1) is 0 Å². The van der Waals surface area contributed by atoms with E-state index in [1.165, 1.54) is 0 Å². The first kappa shape index (κ1) is 13.4. The van der Waals surface area contributed by atoms with Crippen molar-refractivity contribution in [1.29, 1.82) is 0 Å².